The number of halogens is 1. The number of aliphatic imine (C=N–C) groups is 1. The normalized spacial score (nSPS) is 16.1. The Morgan fingerprint density at radius 3 is 2.49 bits per heavy atom. The Morgan fingerprint density at radius 1 is 1.15 bits per heavy atom. The Balaban J connectivity index is 1.60. The van der Waals surface area contributed by atoms with Gasteiger partial charge in [-0.05, 0) is 74.1 Å². The Hall–Kier alpha value is -4.04. The van der Waals surface area contributed by atoms with Gasteiger partial charge in [-0.15, -0.1) is 0 Å². The van der Waals surface area contributed by atoms with E-state index in [1.807, 2.05) is 0 Å². The molecule has 0 aliphatic carbocycles. The van der Waals surface area contributed by atoms with E-state index < -0.39 is 39.8 Å². The topological polar surface area (TPSA) is 197 Å². The third-order valence-electron chi connectivity index (χ3n) is 6.63. The van der Waals surface area contributed by atoms with E-state index in [4.69, 9.17) is 11.5 Å². The minimum absolute atomic E-state index is 0.00429. The third-order valence-corrected chi connectivity index (χ3v) is 8.70. The molecular formula is C27H35FN6O6S. The number of amides is 2. The summed E-state index contributed by atoms with van der Waals surface area (Å²) in [6.07, 6.45) is 2.12. The minimum atomic E-state index is -4.11. The summed E-state index contributed by atoms with van der Waals surface area (Å²) >= 11 is 0. The number of nitrogens with one attached hydrogen (secondary N) is 2. The Bertz CT molecular complexity index is 1400. The molecule has 1 aliphatic rings. The van der Waals surface area contributed by atoms with Crippen molar-refractivity contribution in [2.24, 2.45) is 16.5 Å². The van der Waals surface area contributed by atoms with Gasteiger partial charge in [-0.2, -0.15) is 4.31 Å². The highest BCUT2D eigenvalue weighted by Crippen LogP contribution is 2.28. The molecule has 0 spiro atoms. The van der Waals surface area contributed by atoms with Gasteiger partial charge in [0.15, 0.2) is 5.96 Å². The molecule has 2 amide bonds. The van der Waals surface area contributed by atoms with E-state index in [1.165, 1.54) is 6.92 Å². The number of hydrogen-bond donors (Lipinski definition) is 5. The van der Waals surface area contributed by atoms with Gasteiger partial charge in [0.1, 0.15) is 17.9 Å². The predicted molar refractivity (Wildman–Crippen MR) is 151 cm³/mol. The molecule has 2 atom stereocenters. The second kappa shape index (κ2) is 14.0. The molecule has 41 heavy (non-hydrogen) atoms. The number of nitrogens with zero attached hydrogens (tertiary/aromatic N) is 2. The average Bonchev–Trinajstić information content (AvgIpc) is 3.40. The minimum Gasteiger partial charge on any atom is -0.480 e. The molecule has 222 valence electrons. The van der Waals surface area contributed by atoms with E-state index in [0.717, 1.165) is 22.5 Å². The van der Waals surface area contributed by atoms with Gasteiger partial charge >= 0.3 is 5.97 Å². The number of sulfonamides is 1. The monoisotopic (exact) mass is 590 g/mol. The molecule has 2 aromatic rings. The maximum atomic E-state index is 13.5. The smallest absolute Gasteiger partial charge is 0.326 e. The van der Waals surface area contributed by atoms with E-state index in [0.29, 0.717) is 37.1 Å². The third kappa shape index (κ3) is 8.72. The molecule has 0 unspecified atom stereocenters. The number of aliphatic carboxylic acids is 1. The zero-order valence-electron chi connectivity index (χ0n) is 22.7. The average molecular weight is 591 g/mol. The van der Waals surface area contributed by atoms with Crippen LogP contribution in [0.3, 0.4) is 0 Å². The molecule has 7 N–H and O–H groups in total. The molecule has 1 aliphatic heterocycles. The number of carboxylic acids is 1. The number of rotatable bonds is 13. The fourth-order valence-corrected chi connectivity index (χ4v) is 6.44. The van der Waals surface area contributed by atoms with E-state index >= 15 is 0 Å². The number of benzene rings is 2. The molecule has 0 aromatic heterocycles. The van der Waals surface area contributed by atoms with Crippen molar-refractivity contribution in [2.75, 3.05) is 18.4 Å². The Morgan fingerprint density at radius 2 is 1.85 bits per heavy atom. The molecule has 0 radical (unpaired) electrons. The maximum absolute atomic E-state index is 13.5. The fraction of sp³-hybridized carbons (Fsp3) is 0.407. The summed E-state index contributed by atoms with van der Waals surface area (Å²) in [4.78, 5) is 41.0. The van der Waals surface area contributed by atoms with Crippen LogP contribution in [0.5, 0.6) is 0 Å². The van der Waals surface area contributed by atoms with Gasteiger partial charge in [0, 0.05) is 31.6 Å². The second-order valence-corrected chi connectivity index (χ2v) is 11.7. The first-order valence-electron chi connectivity index (χ1n) is 13.1. The largest absolute Gasteiger partial charge is 0.480 e. The van der Waals surface area contributed by atoms with Crippen molar-refractivity contribution in [3.8, 4) is 0 Å². The number of carbonyl (C=O) groups excluding carboxylic acids is 2. The lowest BCUT2D eigenvalue weighted by molar-refractivity contribution is -0.142. The van der Waals surface area contributed by atoms with Crippen LogP contribution in [0.4, 0.5) is 10.1 Å². The van der Waals surface area contributed by atoms with E-state index in [2.05, 4.69) is 15.6 Å². The zero-order chi connectivity index (χ0) is 30.2. The van der Waals surface area contributed by atoms with Gasteiger partial charge in [0.25, 0.3) is 0 Å². The van der Waals surface area contributed by atoms with Crippen molar-refractivity contribution in [2.45, 2.75) is 62.4 Å². The molecule has 1 fully saturated rings. The molecule has 1 heterocycles. The number of unbranched alkanes of at least 4 members (excludes halogenated alkanes) is 1. The number of carbonyl (C=O) groups is 3. The Labute approximate surface area is 238 Å². The molecule has 0 bridgehead atoms. The second-order valence-electron chi connectivity index (χ2n) is 9.80. The van der Waals surface area contributed by atoms with Crippen LogP contribution in [0.2, 0.25) is 0 Å². The van der Waals surface area contributed by atoms with Gasteiger partial charge < -0.3 is 27.2 Å². The number of nitrogens with two attached hydrogens (primary N) is 2. The van der Waals surface area contributed by atoms with Crippen molar-refractivity contribution in [3.05, 3.63) is 59.4 Å². The lowest BCUT2D eigenvalue weighted by Gasteiger charge is -2.25. The summed E-state index contributed by atoms with van der Waals surface area (Å²) in [5.41, 5.74) is 11.8. The number of hydrogen-bond acceptors (Lipinski definition) is 6. The number of aryl methyl sites for hydroxylation is 1. The molecule has 12 nitrogen and oxygen atoms in total. The zero-order valence-corrected chi connectivity index (χ0v) is 23.5. The number of anilines is 1. The van der Waals surface area contributed by atoms with Gasteiger partial charge in [-0.25, -0.2) is 17.6 Å². The highest BCUT2D eigenvalue weighted by atomic mass is 32.2. The van der Waals surface area contributed by atoms with Gasteiger partial charge in [-0.1, -0.05) is 12.1 Å². The number of guanidine groups is 1. The summed E-state index contributed by atoms with van der Waals surface area (Å²) in [7, 11) is -4.11. The van der Waals surface area contributed by atoms with Crippen molar-refractivity contribution < 1.29 is 32.3 Å². The van der Waals surface area contributed by atoms with E-state index in [-0.39, 0.29) is 48.1 Å². The molecule has 2 aromatic carbocycles. The standard InChI is InChI=1S/C27H35FN6O6S/c1-17-15-19(28)9-12-23(17)41(39,40)34-14-4-5-22(34)25(36)33-21(26(37)38)16-18-7-10-20(11-8-18)32-24(35)6-2-3-13-31-27(29)30/h7-12,15,21-22H,2-6,13-14,16H2,1H3,(H,32,35)(H,33,36)(H,37,38)(H4,29,30,31)/t21-,22-/m0/s1. The van der Waals surface area contributed by atoms with Crippen LogP contribution in [0, 0.1) is 12.7 Å². The van der Waals surface area contributed by atoms with Crippen LogP contribution in [0.15, 0.2) is 52.4 Å². The SMILES string of the molecule is Cc1cc(F)ccc1S(=O)(=O)N1CCC[C@H]1C(=O)N[C@@H](Cc1ccc(NC(=O)CCCCN=C(N)N)cc1)C(=O)O. The molecular weight excluding hydrogens is 555 g/mol. The maximum Gasteiger partial charge on any atom is 0.326 e. The molecule has 3 rings (SSSR count). The van der Waals surface area contributed by atoms with E-state index in [1.54, 1.807) is 24.3 Å². The fourth-order valence-electron chi connectivity index (χ4n) is 4.58. The summed E-state index contributed by atoms with van der Waals surface area (Å²) in [6.45, 7) is 1.99. The van der Waals surface area contributed by atoms with E-state index in [9.17, 15) is 32.3 Å². The lowest BCUT2D eigenvalue weighted by Crippen LogP contribution is -2.51. The Kier molecular flexibility index (Phi) is 10.8. The molecule has 14 heteroatoms. The molecule has 1 saturated heterocycles. The van der Waals surface area contributed by atoms with Gasteiger partial charge in [-0.3, -0.25) is 14.6 Å². The summed E-state index contributed by atoms with van der Waals surface area (Å²) in [5.74, 6) is -2.76. The van der Waals surface area contributed by atoms with Crippen LogP contribution in [-0.4, -0.2) is 66.7 Å². The first kappa shape index (κ1) is 31.5. The summed E-state index contributed by atoms with van der Waals surface area (Å²) in [5, 5.41) is 15.0. The quantitative estimate of drug-likeness (QED) is 0.131. The summed E-state index contributed by atoms with van der Waals surface area (Å²) < 4.78 is 41.1. The first-order chi connectivity index (χ1) is 19.4. The van der Waals surface area contributed by atoms with Crippen molar-refractivity contribution in [1.29, 1.82) is 0 Å². The highest BCUT2D eigenvalue weighted by Gasteiger charge is 2.41. The van der Waals surface area contributed by atoms with Gasteiger partial charge in [0.2, 0.25) is 21.8 Å². The lowest BCUT2D eigenvalue weighted by atomic mass is 10.0. The van der Waals surface area contributed by atoms with Crippen LogP contribution in [-0.2, 0) is 30.8 Å². The van der Waals surface area contributed by atoms with Crippen LogP contribution < -0.4 is 22.1 Å². The van der Waals surface area contributed by atoms with Crippen LogP contribution >= 0.6 is 0 Å². The van der Waals surface area contributed by atoms with Gasteiger partial charge in [0.05, 0.1) is 4.90 Å². The van der Waals surface area contributed by atoms with Crippen LogP contribution in [0.1, 0.15) is 43.2 Å². The first-order valence-corrected chi connectivity index (χ1v) is 14.6. The van der Waals surface area contributed by atoms with Crippen molar-refractivity contribution in [3.63, 3.8) is 0 Å². The highest BCUT2D eigenvalue weighted by molar-refractivity contribution is 7.89. The predicted octanol–water partition coefficient (Wildman–Crippen LogP) is 1.48. The van der Waals surface area contributed by atoms with Crippen LogP contribution in [0.25, 0.3) is 0 Å². The van der Waals surface area contributed by atoms with Crippen molar-refractivity contribution >= 4 is 39.5 Å². The molecule has 0 saturated carbocycles. The summed E-state index contributed by atoms with van der Waals surface area (Å²) in [6, 6.07) is 7.43. The van der Waals surface area contributed by atoms with Crippen molar-refractivity contribution in [1.82, 2.24) is 9.62 Å². The number of carboxylic acid groups (broad SMARTS) is 1.